The highest BCUT2D eigenvalue weighted by Crippen LogP contribution is 2.32. The molecule has 1 saturated carbocycles. The minimum atomic E-state index is -0.666. The van der Waals surface area contributed by atoms with Gasteiger partial charge in [-0.15, -0.1) is 0 Å². The van der Waals surface area contributed by atoms with E-state index >= 15 is 0 Å². The second-order valence-electron chi connectivity index (χ2n) is 8.70. The Hall–Kier alpha value is -2.41. The number of benzene rings is 1. The molecule has 1 aromatic carbocycles. The van der Waals surface area contributed by atoms with Crippen molar-refractivity contribution >= 4 is 23.5 Å². The van der Waals surface area contributed by atoms with E-state index in [4.69, 9.17) is 0 Å². The van der Waals surface area contributed by atoms with Crippen LogP contribution in [0, 0.1) is 5.92 Å². The van der Waals surface area contributed by atoms with E-state index in [1.165, 1.54) is 9.80 Å². The van der Waals surface area contributed by atoms with E-state index in [1.807, 2.05) is 30.3 Å². The summed E-state index contributed by atoms with van der Waals surface area (Å²) in [6.07, 6.45) is 7.30. The number of nitrogens with one attached hydrogen (secondary N) is 3. The zero-order valence-electron chi connectivity index (χ0n) is 16.9. The number of hydrogen-bond acceptors (Lipinski definition) is 3. The number of anilines is 1. The predicted molar refractivity (Wildman–Crippen MR) is 109 cm³/mol. The molecule has 2 aliphatic heterocycles. The Kier molecular flexibility index (Phi) is 5.85. The molecule has 0 bridgehead atoms. The number of piperidine rings is 1. The van der Waals surface area contributed by atoms with Crippen LogP contribution in [0.4, 0.5) is 10.5 Å². The molecule has 2 heterocycles. The van der Waals surface area contributed by atoms with E-state index in [1.54, 1.807) is 0 Å². The van der Waals surface area contributed by atoms with Crippen LogP contribution in [0.25, 0.3) is 0 Å². The Bertz CT molecular complexity index is 751. The average Bonchev–Trinajstić information content (AvgIpc) is 2.89. The minimum Gasteiger partial charge on any atom is -0.326 e. The summed E-state index contributed by atoms with van der Waals surface area (Å²) < 4.78 is 0. The van der Waals surface area contributed by atoms with Gasteiger partial charge in [0, 0.05) is 24.4 Å². The highest BCUT2D eigenvalue weighted by atomic mass is 16.2. The number of nitrogens with zero attached hydrogens (tertiary/aromatic N) is 1. The second kappa shape index (κ2) is 8.53. The maximum absolute atomic E-state index is 13.1. The number of amides is 4. The third-order valence-electron chi connectivity index (χ3n) is 6.69. The van der Waals surface area contributed by atoms with Gasteiger partial charge in [-0.2, -0.15) is 0 Å². The van der Waals surface area contributed by atoms with Crippen LogP contribution in [-0.2, 0) is 9.59 Å². The first-order valence-corrected chi connectivity index (χ1v) is 10.9. The zero-order chi connectivity index (χ0) is 20.3. The first kappa shape index (κ1) is 19.9. The van der Waals surface area contributed by atoms with Gasteiger partial charge in [-0.3, -0.25) is 9.59 Å². The van der Waals surface area contributed by atoms with Gasteiger partial charge in [0.2, 0.25) is 5.91 Å². The zero-order valence-corrected chi connectivity index (χ0v) is 16.9. The lowest BCUT2D eigenvalue weighted by atomic mass is 9.90. The van der Waals surface area contributed by atoms with Gasteiger partial charge in [0.05, 0.1) is 13.1 Å². The van der Waals surface area contributed by atoms with Gasteiger partial charge in [-0.05, 0) is 25.0 Å². The van der Waals surface area contributed by atoms with Crippen LogP contribution in [-0.4, -0.2) is 48.0 Å². The minimum absolute atomic E-state index is 0.0183. The monoisotopic (exact) mass is 399 g/mol. The van der Waals surface area contributed by atoms with Crippen molar-refractivity contribution in [2.24, 2.45) is 5.92 Å². The van der Waals surface area contributed by atoms with Crippen molar-refractivity contribution in [3.63, 3.8) is 0 Å². The maximum atomic E-state index is 13.1. The molecule has 1 aromatic rings. The fraction of sp³-hybridized carbons (Fsp3) is 0.591. The topological polar surface area (TPSA) is 82.9 Å². The van der Waals surface area contributed by atoms with Crippen LogP contribution < -0.4 is 15.5 Å². The van der Waals surface area contributed by atoms with Crippen LogP contribution in [0.1, 0.15) is 51.4 Å². The molecule has 7 heteroatoms. The molecule has 156 valence electrons. The summed E-state index contributed by atoms with van der Waals surface area (Å²) in [5, 5.41) is 5.99. The molecule has 3 aliphatic rings. The summed E-state index contributed by atoms with van der Waals surface area (Å²) in [6, 6.07) is 9.27. The second-order valence-corrected chi connectivity index (χ2v) is 8.70. The summed E-state index contributed by atoms with van der Waals surface area (Å²) in [4.78, 5) is 40.7. The van der Waals surface area contributed by atoms with Crippen molar-refractivity contribution in [1.82, 2.24) is 10.2 Å². The van der Waals surface area contributed by atoms with E-state index in [9.17, 15) is 14.4 Å². The molecule has 0 unspecified atom stereocenters. The average molecular weight is 400 g/mol. The molecule has 2 saturated heterocycles. The largest absolute Gasteiger partial charge is 0.329 e. The highest BCUT2D eigenvalue weighted by molar-refractivity contribution is 6.06. The number of rotatable bonds is 4. The van der Waals surface area contributed by atoms with Crippen LogP contribution in [0.3, 0.4) is 0 Å². The molecule has 29 heavy (non-hydrogen) atoms. The van der Waals surface area contributed by atoms with E-state index in [2.05, 4.69) is 10.6 Å². The first-order chi connectivity index (χ1) is 14.1. The quantitative estimate of drug-likeness (QED) is 0.672. The Labute approximate surface area is 171 Å². The fourth-order valence-corrected chi connectivity index (χ4v) is 4.93. The summed E-state index contributed by atoms with van der Waals surface area (Å²) in [5.74, 6) is -0.00115. The van der Waals surface area contributed by atoms with Gasteiger partial charge in [0.15, 0.2) is 6.67 Å². The Morgan fingerprint density at radius 3 is 2.38 bits per heavy atom. The van der Waals surface area contributed by atoms with Crippen LogP contribution in [0.2, 0.25) is 0 Å². The van der Waals surface area contributed by atoms with Gasteiger partial charge in [0.1, 0.15) is 5.54 Å². The number of imide groups is 1. The number of carbonyl (C=O) groups excluding carboxylic acids is 3. The maximum Gasteiger partial charge on any atom is 0.329 e. The smallest absolute Gasteiger partial charge is 0.326 e. The SMILES string of the molecule is O=C(Nc1ccccc1)C1CC[NH+](CN2C(=O)NC3(CCCCCC3)C2=O)CC1. The molecule has 0 radical (unpaired) electrons. The van der Waals surface area contributed by atoms with Crippen molar-refractivity contribution in [3.05, 3.63) is 30.3 Å². The van der Waals surface area contributed by atoms with Crippen molar-refractivity contribution in [2.45, 2.75) is 56.9 Å². The molecule has 4 amide bonds. The van der Waals surface area contributed by atoms with Crippen LogP contribution in [0.5, 0.6) is 0 Å². The van der Waals surface area contributed by atoms with Gasteiger partial charge < -0.3 is 15.5 Å². The van der Waals surface area contributed by atoms with Crippen molar-refractivity contribution in [2.75, 3.05) is 25.1 Å². The third-order valence-corrected chi connectivity index (χ3v) is 6.69. The molecule has 4 rings (SSSR count). The Morgan fingerprint density at radius 2 is 1.72 bits per heavy atom. The van der Waals surface area contributed by atoms with Crippen molar-refractivity contribution in [3.8, 4) is 0 Å². The molecule has 3 N–H and O–H groups in total. The predicted octanol–water partition coefficient (Wildman–Crippen LogP) is 1.52. The normalized spacial score (nSPS) is 26.8. The number of para-hydroxylation sites is 1. The molecule has 7 nitrogen and oxygen atoms in total. The highest BCUT2D eigenvalue weighted by Gasteiger charge is 2.51. The lowest BCUT2D eigenvalue weighted by Crippen LogP contribution is -3.14. The fourth-order valence-electron chi connectivity index (χ4n) is 4.93. The van der Waals surface area contributed by atoms with Gasteiger partial charge in [-0.1, -0.05) is 43.9 Å². The standard InChI is InChI=1S/C22H30N4O3/c27-19(23-18-8-4-3-5-9-18)17-10-14-25(15-11-17)16-26-20(28)22(24-21(26)29)12-6-1-2-7-13-22/h3-5,8-9,17H,1-2,6-7,10-16H2,(H,23,27)(H,24,29)/p+1. The van der Waals surface area contributed by atoms with Crippen LogP contribution in [0.15, 0.2) is 30.3 Å². The van der Waals surface area contributed by atoms with Crippen molar-refractivity contribution in [1.29, 1.82) is 0 Å². The number of urea groups is 1. The molecular weight excluding hydrogens is 368 g/mol. The van der Waals surface area contributed by atoms with Gasteiger partial charge >= 0.3 is 6.03 Å². The first-order valence-electron chi connectivity index (χ1n) is 10.9. The van der Waals surface area contributed by atoms with Gasteiger partial charge in [0.25, 0.3) is 5.91 Å². The summed E-state index contributed by atoms with van der Waals surface area (Å²) >= 11 is 0. The molecular formula is C22H31N4O3+. The van der Waals surface area contributed by atoms with Crippen LogP contribution >= 0.6 is 0 Å². The van der Waals surface area contributed by atoms with E-state index in [-0.39, 0.29) is 23.8 Å². The number of hydrogen-bond donors (Lipinski definition) is 3. The molecule has 0 aromatic heterocycles. The lowest BCUT2D eigenvalue weighted by Gasteiger charge is -2.31. The molecule has 1 aliphatic carbocycles. The van der Waals surface area contributed by atoms with E-state index in [0.29, 0.717) is 6.67 Å². The van der Waals surface area contributed by atoms with Gasteiger partial charge in [-0.25, -0.2) is 9.69 Å². The summed E-state index contributed by atoms with van der Waals surface area (Å²) in [7, 11) is 0. The Morgan fingerprint density at radius 1 is 1.07 bits per heavy atom. The summed E-state index contributed by atoms with van der Waals surface area (Å²) in [5.41, 5.74) is 0.154. The molecule has 1 spiro atoms. The summed E-state index contributed by atoms with van der Waals surface area (Å²) in [6.45, 7) is 1.98. The number of quaternary nitrogens is 1. The Balaban J connectivity index is 1.30. The lowest BCUT2D eigenvalue weighted by molar-refractivity contribution is -0.912. The van der Waals surface area contributed by atoms with E-state index < -0.39 is 5.54 Å². The van der Waals surface area contributed by atoms with E-state index in [0.717, 1.165) is 70.1 Å². The molecule has 3 fully saturated rings. The third kappa shape index (κ3) is 4.29. The number of likely N-dealkylation sites (tertiary alicyclic amines) is 1. The van der Waals surface area contributed by atoms with Crippen molar-refractivity contribution < 1.29 is 19.3 Å². The molecule has 0 atom stereocenters. The number of carbonyl (C=O) groups is 3.